The number of nitrogens with one attached hydrogen (secondary N) is 1. The summed E-state index contributed by atoms with van der Waals surface area (Å²) in [7, 11) is 0. The van der Waals surface area contributed by atoms with Crippen LogP contribution in [0.5, 0.6) is 0 Å². The molecule has 1 aliphatic carbocycles. The van der Waals surface area contributed by atoms with Gasteiger partial charge in [-0.2, -0.15) is 0 Å². The molecule has 2 nitrogen and oxygen atoms in total. The molecule has 11 aromatic rings. The molecule has 0 amide bonds. The second-order valence-corrected chi connectivity index (χ2v) is 18.5. The molecule has 0 atom stereocenters. The van der Waals surface area contributed by atoms with E-state index in [0.717, 1.165) is 35.6 Å². The van der Waals surface area contributed by atoms with Crippen LogP contribution in [0.25, 0.3) is 89.0 Å². The first-order chi connectivity index (χ1) is 35.7. The van der Waals surface area contributed by atoms with Crippen molar-refractivity contribution in [1.82, 2.24) is 0 Å². The van der Waals surface area contributed by atoms with E-state index in [1.807, 2.05) is 12.3 Å². The highest BCUT2D eigenvalue weighted by Crippen LogP contribution is 2.42. The monoisotopic (exact) mass is 920 g/mol. The molecule has 11 aromatic carbocycles. The fourth-order valence-electron chi connectivity index (χ4n) is 10.3. The van der Waals surface area contributed by atoms with Gasteiger partial charge in [-0.1, -0.05) is 225 Å². The van der Waals surface area contributed by atoms with Gasteiger partial charge in [-0.15, -0.1) is 0 Å². The largest absolute Gasteiger partial charge is 0.362 e. The Bertz CT molecular complexity index is 3820. The molecule has 0 heterocycles. The number of allylic oxidation sites excluding steroid dienone is 5. The van der Waals surface area contributed by atoms with Crippen molar-refractivity contribution in [3.8, 4) is 44.5 Å². The van der Waals surface area contributed by atoms with Gasteiger partial charge in [-0.25, -0.2) is 0 Å². The van der Waals surface area contributed by atoms with E-state index in [2.05, 4.69) is 283 Å². The molecule has 1 N–H and O–H groups in total. The maximum absolute atomic E-state index is 3.40. The van der Waals surface area contributed by atoms with E-state index >= 15 is 0 Å². The SMILES string of the molecule is C1=Cc2cc(\C=C/C=C\C=C\Nc3ccc(-c4ccc(-c5ccc(-c6ccc(-c7ccc(N(c8ccccc8)c8cc9ccccc9c9ccccc89)cc7)cc6)cc5)cc4)cc3)c3ccccc3c2CC1. The molecule has 0 aliphatic heterocycles. The lowest BCUT2D eigenvalue weighted by Crippen LogP contribution is -2.10. The van der Waals surface area contributed by atoms with Crippen molar-refractivity contribution < 1.29 is 0 Å². The molecule has 0 bridgehead atoms. The Balaban J connectivity index is 0.675. The summed E-state index contributed by atoms with van der Waals surface area (Å²) in [6.45, 7) is 0. The fourth-order valence-corrected chi connectivity index (χ4v) is 10.3. The number of aryl methyl sites for hydroxylation is 1. The average Bonchev–Trinajstić information content (AvgIpc) is 3.46. The summed E-state index contributed by atoms with van der Waals surface area (Å²) in [5.41, 5.74) is 18.0. The van der Waals surface area contributed by atoms with E-state index in [4.69, 9.17) is 0 Å². The van der Waals surface area contributed by atoms with Gasteiger partial charge < -0.3 is 10.2 Å². The number of fused-ring (bicyclic) bond motifs is 6. The molecule has 0 aromatic heterocycles. The molecule has 2 heteroatoms. The van der Waals surface area contributed by atoms with Crippen molar-refractivity contribution in [2.24, 2.45) is 0 Å². The van der Waals surface area contributed by atoms with Crippen LogP contribution in [0.3, 0.4) is 0 Å². The Morgan fingerprint density at radius 1 is 0.375 bits per heavy atom. The van der Waals surface area contributed by atoms with Gasteiger partial charge in [-0.3, -0.25) is 0 Å². The number of hydrogen-bond acceptors (Lipinski definition) is 2. The van der Waals surface area contributed by atoms with Crippen LogP contribution in [-0.4, -0.2) is 0 Å². The zero-order valence-electron chi connectivity index (χ0n) is 40.0. The van der Waals surface area contributed by atoms with Gasteiger partial charge >= 0.3 is 0 Å². The van der Waals surface area contributed by atoms with Gasteiger partial charge in [0.2, 0.25) is 0 Å². The van der Waals surface area contributed by atoms with Gasteiger partial charge in [0.15, 0.2) is 0 Å². The number of benzene rings is 11. The predicted octanol–water partition coefficient (Wildman–Crippen LogP) is 19.4. The third-order valence-corrected chi connectivity index (χ3v) is 14.0. The molecular weight excluding hydrogens is 869 g/mol. The van der Waals surface area contributed by atoms with Crippen LogP contribution in [0.4, 0.5) is 22.7 Å². The molecule has 342 valence electrons. The summed E-state index contributed by atoms with van der Waals surface area (Å²) in [5, 5.41) is 11.1. The maximum Gasteiger partial charge on any atom is 0.0546 e. The second kappa shape index (κ2) is 20.0. The van der Waals surface area contributed by atoms with Crippen molar-refractivity contribution in [3.05, 3.63) is 290 Å². The minimum absolute atomic E-state index is 1.05. The number of rotatable bonds is 12. The van der Waals surface area contributed by atoms with Crippen LogP contribution in [0.15, 0.2) is 273 Å². The van der Waals surface area contributed by atoms with Gasteiger partial charge in [0, 0.05) is 28.6 Å². The summed E-state index contributed by atoms with van der Waals surface area (Å²) >= 11 is 0. The number of nitrogens with zero attached hydrogens (tertiary/aromatic N) is 1. The van der Waals surface area contributed by atoms with Crippen molar-refractivity contribution >= 4 is 67.2 Å². The Hall–Kier alpha value is -9.24. The summed E-state index contributed by atoms with van der Waals surface area (Å²) in [6.07, 6.45) is 19.2. The Morgan fingerprint density at radius 3 is 1.46 bits per heavy atom. The lowest BCUT2D eigenvalue weighted by atomic mass is 9.89. The van der Waals surface area contributed by atoms with Crippen LogP contribution < -0.4 is 10.2 Å². The summed E-state index contributed by atoms with van der Waals surface area (Å²) in [4.78, 5) is 2.38. The van der Waals surface area contributed by atoms with Crippen molar-refractivity contribution in [3.63, 3.8) is 0 Å². The zero-order valence-corrected chi connectivity index (χ0v) is 40.0. The minimum atomic E-state index is 1.05. The molecule has 72 heavy (non-hydrogen) atoms. The predicted molar refractivity (Wildman–Crippen MR) is 310 cm³/mol. The van der Waals surface area contributed by atoms with Gasteiger partial charge in [0.25, 0.3) is 0 Å². The van der Waals surface area contributed by atoms with E-state index in [1.165, 1.54) is 93.5 Å². The van der Waals surface area contributed by atoms with Crippen molar-refractivity contribution in [2.45, 2.75) is 12.8 Å². The van der Waals surface area contributed by atoms with Crippen LogP contribution in [0.2, 0.25) is 0 Å². The number of hydrogen-bond donors (Lipinski definition) is 1. The average molecular weight is 921 g/mol. The lowest BCUT2D eigenvalue weighted by molar-refractivity contribution is 0.997. The fraction of sp³-hybridized carbons (Fsp3) is 0.0286. The highest BCUT2D eigenvalue weighted by molar-refractivity contribution is 6.14. The third-order valence-electron chi connectivity index (χ3n) is 14.0. The van der Waals surface area contributed by atoms with Crippen LogP contribution in [-0.2, 0) is 6.42 Å². The standard InChI is InChI=1S/C70H52N2/c1(4-16-58-48-59-17-7-9-21-64(59)67-24-12-11-23-65(58)67)2-15-47-71-61-43-39-56(40-44-61)54-35-31-52(32-36-54)50-27-29-51(30-28-50)53-33-37-55(38-34-53)57-41-45-63(46-42-57)72(62-19-5-3-6-20-62)70-49-60-18-8-10-22-66(60)68-25-13-14-26-69(68)70/h1-8,10-20,22-49,71H,9,21H2/b2-1-,16-4-,47-15+. The highest BCUT2D eigenvalue weighted by Gasteiger charge is 2.18. The smallest absolute Gasteiger partial charge is 0.0546 e. The molecular formula is C70H52N2. The number of para-hydroxylation sites is 1. The Kier molecular flexibility index (Phi) is 12.2. The lowest BCUT2D eigenvalue weighted by Gasteiger charge is -2.27. The first-order valence-electron chi connectivity index (χ1n) is 25.0. The van der Waals surface area contributed by atoms with Crippen LogP contribution in [0, 0.1) is 0 Å². The summed E-state index contributed by atoms with van der Waals surface area (Å²) in [6, 6.07) is 85.8. The molecule has 0 spiro atoms. The third kappa shape index (κ3) is 9.06. The Morgan fingerprint density at radius 2 is 0.847 bits per heavy atom. The van der Waals surface area contributed by atoms with E-state index in [1.54, 1.807) is 0 Å². The minimum Gasteiger partial charge on any atom is -0.362 e. The van der Waals surface area contributed by atoms with Crippen molar-refractivity contribution in [2.75, 3.05) is 10.2 Å². The normalized spacial score (nSPS) is 12.4. The molecule has 0 saturated heterocycles. The molecule has 0 saturated carbocycles. The summed E-state index contributed by atoms with van der Waals surface area (Å²) in [5.74, 6) is 0. The topological polar surface area (TPSA) is 15.3 Å². The maximum atomic E-state index is 3.40. The van der Waals surface area contributed by atoms with Crippen molar-refractivity contribution in [1.29, 1.82) is 0 Å². The van der Waals surface area contributed by atoms with Crippen LogP contribution in [0.1, 0.15) is 23.1 Å². The summed E-state index contributed by atoms with van der Waals surface area (Å²) < 4.78 is 0. The van der Waals surface area contributed by atoms with Gasteiger partial charge in [-0.05, 0) is 156 Å². The second-order valence-electron chi connectivity index (χ2n) is 18.5. The molecule has 0 radical (unpaired) electrons. The first kappa shape index (κ1) is 44.0. The van der Waals surface area contributed by atoms with Crippen LogP contribution >= 0.6 is 0 Å². The molecule has 1 aliphatic rings. The van der Waals surface area contributed by atoms with E-state index < -0.39 is 0 Å². The molecule has 12 rings (SSSR count). The highest BCUT2D eigenvalue weighted by atomic mass is 15.1. The first-order valence-corrected chi connectivity index (χ1v) is 25.0. The molecule has 0 unspecified atom stereocenters. The van der Waals surface area contributed by atoms with E-state index in [0.29, 0.717) is 0 Å². The molecule has 0 fully saturated rings. The quantitative estimate of drug-likeness (QED) is 0.0970. The zero-order chi connectivity index (χ0) is 48.1. The van der Waals surface area contributed by atoms with Gasteiger partial charge in [0.1, 0.15) is 0 Å². The van der Waals surface area contributed by atoms with Gasteiger partial charge in [0.05, 0.1) is 5.69 Å². The van der Waals surface area contributed by atoms with E-state index in [9.17, 15) is 0 Å². The number of anilines is 4. The van der Waals surface area contributed by atoms with E-state index in [-0.39, 0.29) is 0 Å². The Labute approximate surface area is 422 Å².